The number of thiazole rings is 1. The van der Waals surface area contributed by atoms with E-state index in [1.54, 1.807) is 11.3 Å². The van der Waals surface area contributed by atoms with Gasteiger partial charge in [0.1, 0.15) is 9.88 Å². The molecule has 0 spiro atoms. The molecule has 0 atom stereocenters. The molecule has 106 valence electrons. The molecule has 1 aliphatic rings. The zero-order chi connectivity index (χ0) is 13.8. The van der Waals surface area contributed by atoms with Gasteiger partial charge in [-0.05, 0) is 20.5 Å². The SMILES string of the molecule is CCc1nc(CN(C)C)sc1C(=O)N1CCNCC1. The molecule has 19 heavy (non-hydrogen) atoms. The van der Waals surface area contributed by atoms with Gasteiger partial charge in [-0.25, -0.2) is 4.98 Å². The molecule has 0 aliphatic carbocycles. The molecule has 0 unspecified atom stereocenters. The van der Waals surface area contributed by atoms with Crippen molar-refractivity contribution in [2.75, 3.05) is 40.3 Å². The van der Waals surface area contributed by atoms with Crippen LogP contribution < -0.4 is 5.32 Å². The number of amides is 1. The monoisotopic (exact) mass is 282 g/mol. The molecule has 1 aliphatic heterocycles. The predicted molar refractivity (Wildman–Crippen MR) is 77.7 cm³/mol. The van der Waals surface area contributed by atoms with Crippen LogP contribution in [0.1, 0.15) is 27.3 Å². The summed E-state index contributed by atoms with van der Waals surface area (Å²) in [7, 11) is 4.04. The van der Waals surface area contributed by atoms with Crippen LogP contribution in [0.3, 0.4) is 0 Å². The molecule has 1 fully saturated rings. The molecule has 0 radical (unpaired) electrons. The maximum absolute atomic E-state index is 12.5. The van der Waals surface area contributed by atoms with Gasteiger partial charge < -0.3 is 15.1 Å². The summed E-state index contributed by atoms with van der Waals surface area (Å²) in [5.74, 6) is 0.154. The number of nitrogens with zero attached hydrogens (tertiary/aromatic N) is 3. The lowest BCUT2D eigenvalue weighted by Gasteiger charge is -2.27. The summed E-state index contributed by atoms with van der Waals surface area (Å²) in [5, 5.41) is 4.30. The van der Waals surface area contributed by atoms with E-state index in [1.165, 1.54) is 0 Å². The predicted octanol–water partition coefficient (Wildman–Crippen LogP) is 0.812. The highest BCUT2D eigenvalue weighted by Gasteiger charge is 2.23. The number of aryl methyl sites for hydroxylation is 1. The van der Waals surface area contributed by atoms with Crippen molar-refractivity contribution in [1.82, 2.24) is 20.1 Å². The molecular formula is C13H22N4OS. The summed E-state index contributed by atoms with van der Waals surface area (Å²) in [6.07, 6.45) is 0.817. The fraction of sp³-hybridized carbons (Fsp3) is 0.692. The van der Waals surface area contributed by atoms with Gasteiger partial charge >= 0.3 is 0 Å². The Morgan fingerprint density at radius 3 is 2.68 bits per heavy atom. The van der Waals surface area contributed by atoms with Gasteiger partial charge in [0.05, 0.1) is 5.69 Å². The van der Waals surface area contributed by atoms with Crippen LogP contribution in [0.4, 0.5) is 0 Å². The van der Waals surface area contributed by atoms with Crippen molar-refractivity contribution >= 4 is 17.2 Å². The fourth-order valence-electron chi connectivity index (χ4n) is 2.16. The summed E-state index contributed by atoms with van der Waals surface area (Å²) < 4.78 is 0. The molecule has 6 heteroatoms. The zero-order valence-corrected chi connectivity index (χ0v) is 12.7. The zero-order valence-electron chi connectivity index (χ0n) is 11.9. The molecule has 5 nitrogen and oxygen atoms in total. The highest BCUT2D eigenvalue weighted by atomic mass is 32.1. The van der Waals surface area contributed by atoms with E-state index >= 15 is 0 Å². The van der Waals surface area contributed by atoms with Crippen LogP contribution in [0.2, 0.25) is 0 Å². The summed E-state index contributed by atoms with van der Waals surface area (Å²) in [5.41, 5.74) is 0.949. The van der Waals surface area contributed by atoms with Gasteiger partial charge in [0.25, 0.3) is 5.91 Å². The summed E-state index contributed by atoms with van der Waals surface area (Å²) >= 11 is 1.55. The highest BCUT2D eigenvalue weighted by Crippen LogP contribution is 2.22. The fourth-order valence-corrected chi connectivity index (χ4v) is 3.40. The van der Waals surface area contributed by atoms with E-state index in [2.05, 4.69) is 22.1 Å². The Hall–Kier alpha value is -0.980. The first kappa shape index (κ1) is 14.4. The van der Waals surface area contributed by atoms with Crippen LogP contribution in [0.25, 0.3) is 0 Å². The molecular weight excluding hydrogens is 260 g/mol. The maximum Gasteiger partial charge on any atom is 0.265 e. The van der Waals surface area contributed by atoms with E-state index in [4.69, 9.17) is 0 Å². The van der Waals surface area contributed by atoms with Crippen molar-refractivity contribution in [3.05, 3.63) is 15.6 Å². The topological polar surface area (TPSA) is 48.5 Å². The first-order valence-corrected chi connectivity index (χ1v) is 7.56. The van der Waals surface area contributed by atoms with Gasteiger partial charge in [-0.15, -0.1) is 11.3 Å². The standard InChI is InChI=1S/C13H22N4OS/c1-4-10-12(19-11(15-10)9-16(2)3)13(18)17-7-5-14-6-8-17/h14H,4-9H2,1-3H3. The maximum atomic E-state index is 12.5. The lowest BCUT2D eigenvalue weighted by Crippen LogP contribution is -2.46. The van der Waals surface area contributed by atoms with Crippen LogP contribution in [-0.4, -0.2) is 61.0 Å². The minimum Gasteiger partial charge on any atom is -0.335 e. The van der Waals surface area contributed by atoms with Crippen molar-refractivity contribution in [2.24, 2.45) is 0 Å². The number of carbonyl (C=O) groups excluding carboxylic acids is 1. The van der Waals surface area contributed by atoms with Crippen molar-refractivity contribution in [1.29, 1.82) is 0 Å². The van der Waals surface area contributed by atoms with Crippen molar-refractivity contribution in [2.45, 2.75) is 19.9 Å². The molecule has 1 amide bonds. The minimum absolute atomic E-state index is 0.154. The largest absolute Gasteiger partial charge is 0.335 e. The molecule has 1 aromatic rings. The molecule has 2 heterocycles. The third-order valence-corrected chi connectivity index (χ3v) is 4.20. The first-order valence-electron chi connectivity index (χ1n) is 6.75. The molecule has 1 aromatic heterocycles. The summed E-state index contributed by atoms with van der Waals surface area (Å²) in [6, 6.07) is 0. The molecule has 1 saturated heterocycles. The lowest BCUT2D eigenvalue weighted by molar-refractivity contribution is 0.0739. The van der Waals surface area contributed by atoms with E-state index in [0.717, 1.165) is 54.7 Å². The third-order valence-electron chi connectivity index (χ3n) is 3.13. The van der Waals surface area contributed by atoms with Gasteiger partial charge in [0, 0.05) is 32.7 Å². The van der Waals surface area contributed by atoms with Gasteiger partial charge in [0.2, 0.25) is 0 Å². The van der Waals surface area contributed by atoms with Crippen LogP contribution in [0, 0.1) is 0 Å². The normalized spacial score (nSPS) is 16.1. The van der Waals surface area contributed by atoms with Crippen LogP contribution in [0.5, 0.6) is 0 Å². The van der Waals surface area contributed by atoms with Gasteiger partial charge in [-0.1, -0.05) is 6.92 Å². The average Bonchev–Trinajstić information content (AvgIpc) is 2.81. The summed E-state index contributed by atoms with van der Waals surface area (Å²) in [4.78, 5) is 22.0. The molecule has 0 bridgehead atoms. The number of rotatable bonds is 4. The number of aromatic nitrogens is 1. The van der Waals surface area contributed by atoms with Crippen LogP contribution in [-0.2, 0) is 13.0 Å². The van der Waals surface area contributed by atoms with E-state index in [9.17, 15) is 4.79 Å². The Bertz CT molecular complexity index is 438. The van der Waals surface area contributed by atoms with Gasteiger partial charge in [-0.3, -0.25) is 4.79 Å². The Balaban J connectivity index is 2.17. The van der Waals surface area contributed by atoms with Gasteiger partial charge in [0.15, 0.2) is 0 Å². The van der Waals surface area contributed by atoms with E-state index in [0.29, 0.717) is 0 Å². The van der Waals surface area contributed by atoms with E-state index < -0.39 is 0 Å². The van der Waals surface area contributed by atoms with Crippen molar-refractivity contribution < 1.29 is 4.79 Å². The minimum atomic E-state index is 0.154. The van der Waals surface area contributed by atoms with Crippen LogP contribution in [0.15, 0.2) is 0 Å². The molecule has 0 aromatic carbocycles. The number of nitrogens with one attached hydrogen (secondary N) is 1. The summed E-state index contributed by atoms with van der Waals surface area (Å²) in [6.45, 7) is 6.22. The Morgan fingerprint density at radius 1 is 1.42 bits per heavy atom. The Kier molecular flexibility index (Phi) is 4.90. The highest BCUT2D eigenvalue weighted by molar-refractivity contribution is 7.13. The second-order valence-electron chi connectivity index (χ2n) is 5.02. The third kappa shape index (κ3) is 3.52. The average molecular weight is 282 g/mol. The van der Waals surface area contributed by atoms with Gasteiger partial charge in [-0.2, -0.15) is 0 Å². The molecule has 1 N–H and O–H groups in total. The lowest BCUT2D eigenvalue weighted by atomic mass is 10.2. The number of hydrogen-bond donors (Lipinski definition) is 1. The smallest absolute Gasteiger partial charge is 0.265 e. The number of piperazine rings is 1. The first-order chi connectivity index (χ1) is 9.11. The van der Waals surface area contributed by atoms with E-state index in [-0.39, 0.29) is 5.91 Å². The van der Waals surface area contributed by atoms with E-state index in [1.807, 2.05) is 19.0 Å². The number of hydrogen-bond acceptors (Lipinski definition) is 5. The Labute approximate surface area is 118 Å². The second kappa shape index (κ2) is 6.45. The van der Waals surface area contributed by atoms with Crippen molar-refractivity contribution in [3.63, 3.8) is 0 Å². The quantitative estimate of drug-likeness (QED) is 0.888. The Morgan fingerprint density at radius 2 is 2.11 bits per heavy atom. The second-order valence-corrected chi connectivity index (χ2v) is 6.10. The van der Waals surface area contributed by atoms with Crippen LogP contribution >= 0.6 is 11.3 Å². The molecule has 2 rings (SSSR count). The number of carbonyl (C=O) groups is 1. The molecule has 0 saturated carbocycles. The van der Waals surface area contributed by atoms with Crippen molar-refractivity contribution in [3.8, 4) is 0 Å².